The number of benzene rings is 1. The molecule has 0 bridgehead atoms. The Hall–Kier alpha value is -1.77. The minimum atomic E-state index is 0.0165. The first kappa shape index (κ1) is 15.1. The molecule has 1 fully saturated rings. The SMILES string of the molecule is CC(Cc1c[nH]c2ccccc12)C(=O)NCC1CCCCC1. The van der Waals surface area contributed by atoms with E-state index in [0.717, 1.165) is 18.5 Å². The first-order valence-corrected chi connectivity index (χ1v) is 8.56. The lowest BCUT2D eigenvalue weighted by atomic mass is 9.89. The molecular formula is C19H26N2O. The smallest absolute Gasteiger partial charge is 0.223 e. The number of amides is 1. The molecule has 1 saturated carbocycles. The molecule has 0 aliphatic heterocycles. The van der Waals surface area contributed by atoms with Crippen LogP contribution in [0.1, 0.15) is 44.6 Å². The molecule has 22 heavy (non-hydrogen) atoms. The van der Waals surface area contributed by atoms with Crippen LogP contribution in [0.15, 0.2) is 30.5 Å². The van der Waals surface area contributed by atoms with Crippen molar-refractivity contribution in [3.05, 3.63) is 36.0 Å². The van der Waals surface area contributed by atoms with E-state index in [2.05, 4.69) is 22.4 Å². The molecule has 1 aliphatic carbocycles. The molecular weight excluding hydrogens is 272 g/mol. The number of para-hydroxylation sites is 1. The van der Waals surface area contributed by atoms with Gasteiger partial charge in [0.15, 0.2) is 0 Å². The first-order chi connectivity index (χ1) is 10.7. The third kappa shape index (κ3) is 3.52. The number of rotatable bonds is 5. The summed E-state index contributed by atoms with van der Waals surface area (Å²) in [6.07, 6.45) is 9.39. The first-order valence-electron chi connectivity index (χ1n) is 8.56. The summed E-state index contributed by atoms with van der Waals surface area (Å²) in [7, 11) is 0. The molecule has 0 saturated heterocycles. The van der Waals surface area contributed by atoms with Crippen LogP contribution in [0.3, 0.4) is 0 Å². The van der Waals surface area contributed by atoms with Crippen LogP contribution in [0, 0.1) is 11.8 Å². The van der Waals surface area contributed by atoms with Gasteiger partial charge in [-0.1, -0.05) is 44.4 Å². The molecule has 0 radical (unpaired) electrons. The van der Waals surface area contributed by atoms with E-state index < -0.39 is 0 Å². The molecule has 1 aromatic heterocycles. The normalized spacial score (nSPS) is 17.5. The van der Waals surface area contributed by atoms with Gasteiger partial charge in [-0.2, -0.15) is 0 Å². The van der Waals surface area contributed by atoms with Crippen LogP contribution in [0.25, 0.3) is 10.9 Å². The number of carbonyl (C=O) groups excluding carboxylic acids is 1. The van der Waals surface area contributed by atoms with E-state index in [1.54, 1.807) is 0 Å². The maximum atomic E-state index is 12.3. The molecule has 1 aromatic carbocycles. The number of nitrogens with one attached hydrogen (secondary N) is 2. The minimum absolute atomic E-state index is 0.0165. The van der Waals surface area contributed by atoms with Gasteiger partial charge >= 0.3 is 0 Å². The van der Waals surface area contributed by atoms with Crippen molar-refractivity contribution >= 4 is 16.8 Å². The van der Waals surface area contributed by atoms with E-state index in [0.29, 0.717) is 5.92 Å². The summed E-state index contributed by atoms with van der Waals surface area (Å²) < 4.78 is 0. The molecule has 1 unspecified atom stereocenters. The molecule has 1 heterocycles. The van der Waals surface area contributed by atoms with Crippen LogP contribution in [-0.4, -0.2) is 17.4 Å². The topological polar surface area (TPSA) is 44.9 Å². The highest BCUT2D eigenvalue weighted by atomic mass is 16.1. The summed E-state index contributed by atoms with van der Waals surface area (Å²) in [5.41, 5.74) is 2.38. The van der Waals surface area contributed by atoms with Crippen molar-refractivity contribution in [2.45, 2.75) is 45.4 Å². The van der Waals surface area contributed by atoms with Crippen LogP contribution in [-0.2, 0) is 11.2 Å². The molecule has 3 heteroatoms. The quantitative estimate of drug-likeness (QED) is 0.859. The van der Waals surface area contributed by atoms with E-state index >= 15 is 0 Å². The second-order valence-corrected chi connectivity index (χ2v) is 6.71. The molecule has 2 N–H and O–H groups in total. The highest BCUT2D eigenvalue weighted by Crippen LogP contribution is 2.23. The van der Waals surface area contributed by atoms with E-state index in [4.69, 9.17) is 0 Å². The average Bonchev–Trinajstić information content (AvgIpc) is 2.97. The molecule has 118 valence electrons. The summed E-state index contributed by atoms with van der Waals surface area (Å²) in [4.78, 5) is 15.6. The van der Waals surface area contributed by atoms with Crippen molar-refractivity contribution in [3.63, 3.8) is 0 Å². The molecule has 2 aromatic rings. The van der Waals surface area contributed by atoms with Gasteiger partial charge in [0.25, 0.3) is 0 Å². The number of aromatic nitrogens is 1. The predicted octanol–water partition coefficient (Wildman–Crippen LogP) is 4.04. The Morgan fingerprint density at radius 3 is 2.86 bits per heavy atom. The van der Waals surface area contributed by atoms with Gasteiger partial charge in [-0.3, -0.25) is 4.79 Å². The average molecular weight is 298 g/mol. The van der Waals surface area contributed by atoms with Gasteiger partial charge in [0, 0.05) is 29.6 Å². The molecule has 1 atom stereocenters. The number of aromatic amines is 1. The Morgan fingerprint density at radius 2 is 2.05 bits per heavy atom. The zero-order valence-corrected chi connectivity index (χ0v) is 13.4. The molecule has 3 nitrogen and oxygen atoms in total. The zero-order chi connectivity index (χ0) is 15.4. The summed E-state index contributed by atoms with van der Waals surface area (Å²) in [6, 6.07) is 8.27. The Balaban J connectivity index is 1.54. The Morgan fingerprint density at radius 1 is 1.27 bits per heavy atom. The van der Waals surface area contributed by atoms with Gasteiger partial charge < -0.3 is 10.3 Å². The molecule has 0 spiro atoms. The van der Waals surface area contributed by atoms with E-state index in [9.17, 15) is 4.79 Å². The number of hydrogen-bond acceptors (Lipinski definition) is 1. The van der Waals surface area contributed by atoms with Crippen molar-refractivity contribution in [2.24, 2.45) is 11.8 Å². The molecule has 3 rings (SSSR count). The van der Waals surface area contributed by atoms with E-state index in [-0.39, 0.29) is 11.8 Å². The minimum Gasteiger partial charge on any atom is -0.361 e. The Bertz CT molecular complexity index is 625. The van der Waals surface area contributed by atoms with E-state index in [1.165, 1.54) is 43.1 Å². The van der Waals surface area contributed by atoms with Crippen LogP contribution < -0.4 is 5.32 Å². The summed E-state index contributed by atoms with van der Waals surface area (Å²) in [5, 5.41) is 4.39. The van der Waals surface area contributed by atoms with Crippen LogP contribution in [0.4, 0.5) is 0 Å². The van der Waals surface area contributed by atoms with Gasteiger partial charge in [0.1, 0.15) is 0 Å². The number of hydrogen-bond donors (Lipinski definition) is 2. The largest absolute Gasteiger partial charge is 0.361 e. The van der Waals surface area contributed by atoms with Crippen LogP contribution in [0.2, 0.25) is 0 Å². The zero-order valence-electron chi connectivity index (χ0n) is 13.4. The number of carbonyl (C=O) groups is 1. The lowest BCUT2D eigenvalue weighted by Gasteiger charge is -2.22. The molecule has 1 amide bonds. The van der Waals surface area contributed by atoms with Gasteiger partial charge in [0.05, 0.1) is 0 Å². The lowest BCUT2D eigenvalue weighted by Crippen LogP contribution is -2.34. The monoisotopic (exact) mass is 298 g/mol. The van der Waals surface area contributed by atoms with Gasteiger partial charge in [-0.15, -0.1) is 0 Å². The Labute approximate surface area is 132 Å². The van der Waals surface area contributed by atoms with Crippen LogP contribution in [0.5, 0.6) is 0 Å². The van der Waals surface area contributed by atoms with Crippen LogP contribution >= 0.6 is 0 Å². The fourth-order valence-corrected chi connectivity index (χ4v) is 3.53. The standard InChI is InChI=1S/C19H26N2O/c1-14(19(22)21-12-15-7-3-2-4-8-15)11-16-13-20-18-10-6-5-9-17(16)18/h5-6,9-10,13-15,20H,2-4,7-8,11-12H2,1H3,(H,21,22). The summed E-state index contributed by atoms with van der Waals surface area (Å²) >= 11 is 0. The van der Waals surface area contributed by atoms with Crippen molar-refractivity contribution in [3.8, 4) is 0 Å². The second-order valence-electron chi connectivity index (χ2n) is 6.71. The number of fused-ring (bicyclic) bond motifs is 1. The predicted molar refractivity (Wildman–Crippen MR) is 90.8 cm³/mol. The maximum Gasteiger partial charge on any atom is 0.223 e. The van der Waals surface area contributed by atoms with Crippen molar-refractivity contribution in [2.75, 3.05) is 6.54 Å². The van der Waals surface area contributed by atoms with Crippen molar-refractivity contribution in [1.82, 2.24) is 10.3 Å². The van der Waals surface area contributed by atoms with Gasteiger partial charge in [-0.05, 0) is 36.8 Å². The summed E-state index contributed by atoms with van der Waals surface area (Å²) in [6.45, 7) is 2.88. The highest BCUT2D eigenvalue weighted by Gasteiger charge is 2.18. The van der Waals surface area contributed by atoms with Crippen molar-refractivity contribution < 1.29 is 4.79 Å². The maximum absolute atomic E-state index is 12.3. The fourth-order valence-electron chi connectivity index (χ4n) is 3.53. The van der Waals surface area contributed by atoms with Gasteiger partial charge in [0.2, 0.25) is 5.91 Å². The van der Waals surface area contributed by atoms with E-state index in [1.807, 2.05) is 25.3 Å². The fraction of sp³-hybridized carbons (Fsp3) is 0.526. The summed E-state index contributed by atoms with van der Waals surface area (Å²) in [5.74, 6) is 0.900. The molecule has 1 aliphatic rings. The third-order valence-corrected chi connectivity index (χ3v) is 4.94. The second kappa shape index (κ2) is 6.99. The van der Waals surface area contributed by atoms with Gasteiger partial charge in [-0.25, -0.2) is 0 Å². The number of H-pyrrole nitrogens is 1. The lowest BCUT2D eigenvalue weighted by molar-refractivity contribution is -0.124. The highest BCUT2D eigenvalue weighted by molar-refractivity contribution is 5.84. The third-order valence-electron chi connectivity index (χ3n) is 4.94. The Kier molecular flexibility index (Phi) is 4.81. The van der Waals surface area contributed by atoms with Crippen molar-refractivity contribution in [1.29, 1.82) is 0 Å².